The molecule has 0 aliphatic rings. The molecule has 2 atom stereocenters. The Hall–Kier alpha value is -2.60. The molecule has 0 fully saturated rings. The van der Waals surface area contributed by atoms with Gasteiger partial charge < -0.3 is 14.8 Å². The molecule has 0 saturated carbocycles. The van der Waals surface area contributed by atoms with Gasteiger partial charge in [-0.2, -0.15) is 0 Å². The van der Waals surface area contributed by atoms with Crippen LogP contribution in [0, 0.1) is 0 Å². The highest BCUT2D eigenvalue weighted by atomic mass is 28.3. The standard InChI is InChI=1S/C21H27NO4Si/c1-5-26-21(24)22-18(20(23)25-2)19(16-12-8-6-9-13-16)27(3,4)17-14-10-7-11-15-17/h6-15,18-19H,5H2,1-4H3,(H,22,24)/t18-,19+/m0/s1. The summed E-state index contributed by atoms with van der Waals surface area (Å²) in [7, 11) is -0.918. The summed E-state index contributed by atoms with van der Waals surface area (Å²) in [5.41, 5.74) is 0.767. The zero-order valence-electron chi connectivity index (χ0n) is 16.3. The second kappa shape index (κ2) is 9.37. The van der Waals surface area contributed by atoms with E-state index in [-0.39, 0.29) is 12.1 Å². The molecule has 144 valence electrons. The van der Waals surface area contributed by atoms with E-state index in [4.69, 9.17) is 9.47 Å². The van der Waals surface area contributed by atoms with E-state index >= 15 is 0 Å². The van der Waals surface area contributed by atoms with Crippen molar-refractivity contribution in [3.8, 4) is 0 Å². The van der Waals surface area contributed by atoms with E-state index in [0.29, 0.717) is 0 Å². The van der Waals surface area contributed by atoms with Gasteiger partial charge in [-0.1, -0.05) is 78.9 Å². The summed E-state index contributed by atoms with van der Waals surface area (Å²) in [6.45, 7) is 6.35. The Bertz CT molecular complexity index is 749. The molecule has 1 amide bonds. The molecule has 0 saturated heterocycles. The first-order valence-electron chi connectivity index (χ1n) is 9.03. The van der Waals surface area contributed by atoms with Crippen LogP contribution in [0.4, 0.5) is 4.79 Å². The van der Waals surface area contributed by atoms with Crippen molar-refractivity contribution in [1.82, 2.24) is 5.32 Å². The van der Waals surface area contributed by atoms with Gasteiger partial charge in [-0.05, 0) is 12.5 Å². The Kier molecular flexibility index (Phi) is 7.18. The maximum atomic E-state index is 12.7. The van der Waals surface area contributed by atoms with Crippen molar-refractivity contribution in [2.45, 2.75) is 31.6 Å². The molecular weight excluding hydrogens is 358 g/mol. The predicted octanol–water partition coefficient (Wildman–Crippen LogP) is 3.21. The summed E-state index contributed by atoms with van der Waals surface area (Å²) >= 11 is 0. The predicted molar refractivity (Wildman–Crippen MR) is 109 cm³/mol. The molecule has 6 heteroatoms. The number of carbonyl (C=O) groups excluding carboxylic acids is 2. The number of rotatable bonds is 7. The molecule has 0 radical (unpaired) electrons. The van der Waals surface area contributed by atoms with Gasteiger partial charge in [-0.3, -0.25) is 0 Å². The van der Waals surface area contributed by atoms with Crippen LogP contribution in [0.2, 0.25) is 13.1 Å². The van der Waals surface area contributed by atoms with E-state index < -0.39 is 26.2 Å². The maximum Gasteiger partial charge on any atom is 0.407 e. The largest absolute Gasteiger partial charge is 0.467 e. The Morgan fingerprint density at radius 1 is 1.00 bits per heavy atom. The SMILES string of the molecule is CCOC(=O)N[C@H](C(=O)OC)[C@@H](c1ccccc1)[Si](C)(C)c1ccccc1. The first-order valence-corrected chi connectivity index (χ1v) is 12.1. The molecule has 5 nitrogen and oxygen atoms in total. The molecule has 27 heavy (non-hydrogen) atoms. The molecule has 0 heterocycles. The first kappa shape index (κ1) is 20.7. The van der Waals surface area contributed by atoms with Crippen LogP contribution in [0.3, 0.4) is 0 Å². The fourth-order valence-corrected chi connectivity index (χ4v) is 6.93. The number of carbonyl (C=O) groups is 2. The van der Waals surface area contributed by atoms with Crippen molar-refractivity contribution in [2.75, 3.05) is 13.7 Å². The number of hydrogen-bond acceptors (Lipinski definition) is 4. The normalized spacial score (nSPS) is 13.3. The summed E-state index contributed by atoms with van der Waals surface area (Å²) in [4.78, 5) is 24.8. The summed E-state index contributed by atoms with van der Waals surface area (Å²) in [6, 6.07) is 19.1. The quantitative estimate of drug-likeness (QED) is 0.587. The smallest absolute Gasteiger partial charge is 0.407 e. The van der Waals surface area contributed by atoms with Gasteiger partial charge in [0.2, 0.25) is 0 Å². The number of benzene rings is 2. The van der Waals surface area contributed by atoms with E-state index in [1.807, 2.05) is 48.5 Å². The van der Waals surface area contributed by atoms with Gasteiger partial charge in [-0.25, -0.2) is 9.59 Å². The zero-order chi connectivity index (χ0) is 19.9. The molecule has 2 rings (SSSR count). The Morgan fingerprint density at radius 3 is 2.07 bits per heavy atom. The molecule has 0 spiro atoms. The molecule has 0 bridgehead atoms. The van der Waals surface area contributed by atoms with Gasteiger partial charge in [0.05, 0.1) is 21.8 Å². The number of alkyl carbamates (subject to hydrolysis) is 1. The molecule has 0 aromatic heterocycles. The fraction of sp³-hybridized carbons (Fsp3) is 0.333. The van der Waals surface area contributed by atoms with Crippen molar-refractivity contribution >= 4 is 25.3 Å². The van der Waals surface area contributed by atoms with Gasteiger partial charge in [-0.15, -0.1) is 0 Å². The Labute approximate surface area is 161 Å². The number of ether oxygens (including phenoxy) is 2. The highest BCUT2D eigenvalue weighted by Crippen LogP contribution is 2.31. The summed E-state index contributed by atoms with van der Waals surface area (Å²) in [5, 5.41) is 3.94. The molecule has 0 aliphatic carbocycles. The fourth-order valence-electron chi connectivity index (χ4n) is 3.44. The van der Waals surface area contributed by atoms with Crippen molar-refractivity contribution in [3.05, 3.63) is 66.2 Å². The number of nitrogens with one attached hydrogen (secondary N) is 1. The highest BCUT2D eigenvalue weighted by molar-refractivity contribution is 6.91. The topological polar surface area (TPSA) is 64.6 Å². The molecule has 0 aliphatic heterocycles. The second-order valence-electron chi connectivity index (χ2n) is 6.84. The molecule has 2 aromatic carbocycles. The minimum absolute atomic E-state index is 0.224. The van der Waals surface area contributed by atoms with Gasteiger partial charge in [0.1, 0.15) is 6.04 Å². The molecule has 2 aromatic rings. The van der Waals surface area contributed by atoms with Crippen LogP contribution in [-0.2, 0) is 14.3 Å². The van der Waals surface area contributed by atoms with E-state index in [1.54, 1.807) is 6.92 Å². The van der Waals surface area contributed by atoms with Crippen LogP contribution in [0.5, 0.6) is 0 Å². The number of amides is 1. The number of hydrogen-bond donors (Lipinski definition) is 1. The van der Waals surface area contributed by atoms with Gasteiger partial charge >= 0.3 is 12.1 Å². The summed E-state index contributed by atoms with van der Waals surface area (Å²) < 4.78 is 10.1. The third-order valence-corrected chi connectivity index (χ3v) is 8.83. The van der Waals surface area contributed by atoms with E-state index in [0.717, 1.165) is 5.56 Å². The van der Waals surface area contributed by atoms with Crippen LogP contribution in [0.15, 0.2) is 60.7 Å². The van der Waals surface area contributed by atoms with Crippen LogP contribution < -0.4 is 10.5 Å². The minimum atomic E-state index is -2.25. The minimum Gasteiger partial charge on any atom is -0.467 e. The number of esters is 1. The number of methoxy groups -OCH3 is 1. The Morgan fingerprint density at radius 2 is 1.56 bits per heavy atom. The third-order valence-electron chi connectivity index (χ3n) is 4.79. The lowest BCUT2D eigenvalue weighted by molar-refractivity contribution is -0.143. The van der Waals surface area contributed by atoms with E-state index in [9.17, 15) is 9.59 Å². The zero-order valence-corrected chi connectivity index (χ0v) is 17.3. The van der Waals surface area contributed by atoms with Crippen LogP contribution in [-0.4, -0.2) is 39.9 Å². The van der Waals surface area contributed by atoms with E-state index in [2.05, 4.69) is 30.5 Å². The van der Waals surface area contributed by atoms with Crippen LogP contribution >= 0.6 is 0 Å². The highest BCUT2D eigenvalue weighted by Gasteiger charge is 2.44. The van der Waals surface area contributed by atoms with Gasteiger partial charge in [0.15, 0.2) is 0 Å². The summed E-state index contributed by atoms with van der Waals surface area (Å²) in [6.07, 6.45) is -0.619. The average molecular weight is 386 g/mol. The third kappa shape index (κ3) is 4.98. The summed E-state index contributed by atoms with van der Waals surface area (Å²) in [5.74, 6) is -0.478. The monoisotopic (exact) mass is 385 g/mol. The van der Waals surface area contributed by atoms with Crippen molar-refractivity contribution in [2.24, 2.45) is 0 Å². The maximum absolute atomic E-state index is 12.7. The molecule has 1 N–H and O–H groups in total. The van der Waals surface area contributed by atoms with Crippen molar-refractivity contribution in [1.29, 1.82) is 0 Å². The second-order valence-corrected chi connectivity index (χ2v) is 11.5. The Balaban J connectivity index is 2.55. The molecule has 0 unspecified atom stereocenters. The first-order chi connectivity index (χ1) is 12.9. The van der Waals surface area contributed by atoms with Gasteiger partial charge in [0.25, 0.3) is 0 Å². The van der Waals surface area contributed by atoms with Crippen LogP contribution in [0.1, 0.15) is 18.0 Å². The van der Waals surface area contributed by atoms with E-state index in [1.165, 1.54) is 12.3 Å². The van der Waals surface area contributed by atoms with Crippen molar-refractivity contribution < 1.29 is 19.1 Å². The molecular formula is C21H27NO4Si. The average Bonchev–Trinajstić information content (AvgIpc) is 2.68. The van der Waals surface area contributed by atoms with Crippen molar-refractivity contribution in [3.63, 3.8) is 0 Å². The lowest BCUT2D eigenvalue weighted by atomic mass is 10.1. The lowest BCUT2D eigenvalue weighted by Gasteiger charge is -2.37. The van der Waals surface area contributed by atoms with Crippen LogP contribution in [0.25, 0.3) is 0 Å². The lowest BCUT2D eigenvalue weighted by Crippen LogP contribution is -2.58. The van der Waals surface area contributed by atoms with Gasteiger partial charge in [0, 0.05) is 5.54 Å².